The summed E-state index contributed by atoms with van der Waals surface area (Å²) in [7, 11) is 0. The summed E-state index contributed by atoms with van der Waals surface area (Å²) in [5, 5.41) is 8.39. The molecule has 1 saturated heterocycles. The zero-order valence-electron chi connectivity index (χ0n) is 8.11. The van der Waals surface area contributed by atoms with E-state index in [0.29, 0.717) is 19.6 Å². The van der Waals surface area contributed by atoms with Crippen molar-refractivity contribution in [2.45, 2.75) is 18.9 Å². The van der Waals surface area contributed by atoms with E-state index in [0.717, 1.165) is 19.5 Å². The van der Waals surface area contributed by atoms with Crippen LogP contribution in [0.4, 0.5) is 0 Å². The summed E-state index contributed by atoms with van der Waals surface area (Å²) in [6, 6.07) is 1.76. The molecule has 78 valence electrons. The molecule has 0 aromatic heterocycles. The Morgan fingerprint density at radius 1 is 1.71 bits per heavy atom. The highest BCUT2D eigenvalue weighted by Crippen LogP contribution is 2.07. The number of rotatable bonds is 4. The van der Waals surface area contributed by atoms with Gasteiger partial charge >= 0.3 is 0 Å². The molecule has 1 rings (SSSR count). The van der Waals surface area contributed by atoms with Gasteiger partial charge in [0, 0.05) is 19.5 Å². The van der Waals surface area contributed by atoms with Gasteiger partial charge in [-0.25, -0.2) is 0 Å². The van der Waals surface area contributed by atoms with E-state index in [1.165, 1.54) is 0 Å². The summed E-state index contributed by atoms with van der Waals surface area (Å²) in [5.74, 6) is -0.346. The Hall–Kier alpha value is -1.12. The lowest BCUT2D eigenvalue weighted by Crippen LogP contribution is -2.52. The number of morpholine rings is 1. The average Bonchev–Trinajstić information content (AvgIpc) is 2.19. The Bertz CT molecular complexity index is 237. The van der Waals surface area contributed by atoms with Gasteiger partial charge in [0.05, 0.1) is 19.3 Å². The number of nitrogens with zero attached hydrogens (tertiary/aromatic N) is 2. The second-order valence-electron chi connectivity index (χ2n) is 3.29. The monoisotopic (exact) mass is 197 g/mol. The van der Waals surface area contributed by atoms with Crippen molar-refractivity contribution in [1.29, 1.82) is 5.26 Å². The minimum Gasteiger partial charge on any atom is -0.378 e. The highest BCUT2D eigenvalue weighted by Gasteiger charge is 2.26. The van der Waals surface area contributed by atoms with Crippen LogP contribution in [0.5, 0.6) is 0 Å². The number of primary amides is 1. The Kier molecular flexibility index (Phi) is 4.36. The van der Waals surface area contributed by atoms with E-state index < -0.39 is 0 Å². The van der Waals surface area contributed by atoms with E-state index in [1.54, 1.807) is 0 Å². The maximum atomic E-state index is 11.0. The summed E-state index contributed by atoms with van der Waals surface area (Å²) in [6.45, 7) is 2.47. The molecule has 14 heavy (non-hydrogen) atoms. The molecule has 0 bridgehead atoms. The van der Waals surface area contributed by atoms with Gasteiger partial charge in [0.25, 0.3) is 0 Å². The molecule has 5 nitrogen and oxygen atoms in total. The normalized spacial score (nSPS) is 22.9. The Morgan fingerprint density at radius 3 is 3.14 bits per heavy atom. The van der Waals surface area contributed by atoms with Crippen LogP contribution in [0.2, 0.25) is 0 Å². The molecule has 1 aliphatic heterocycles. The van der Waals surface area contributed by atoms with Crippen molar-refractivity contribution in [1.82, 2.24) is 4.90 Å². The molecule has 5 heteroatoms. The lowest BCUT2D eigenvalue weighted by atomic mass is 10.2. The molecule has 0 saturated carbocycles. The van der Waals surface area contributed by atoms with Gasteiger partial charge in [0.1, 0.15) is 6.04 Å². The minimum absolute atomic E-state index is 0.317. The second kappa shape index (κ2) is 5.58. The number of amides is 1. The highest BCUT2D eigenvalue weighted by molar-refractivity contribution is 5.80. The van der Waals surface area contributed by atoms with Gasteiger partial charge in [0.2, 0.25) is 5.91 Å². The summed E-state index contributed by atoms with van der Waals surface area (Å²) in [6.07, 6.45) is 1.29. The molecule has 0 aliphatic carbocycles. The van der Waals surface area contributed by atoms with Crippen molar-refractivity contribution < 1.29 is 9.53 Å². The molecule has 0 radical (unpaired) electrons. The predicted octanol–water partition coefficient (Wildman–Crippen LogP) is -0.524. The van der Waals surface area contributed by atoms with Crippen LogP contribution in [-0.2, 0) is 9.53 Å². The lowest BCUT2D eigenvalue weighted by Gasteiger charge is -2.33. The Balaban J connectivity index is 2.38. The first kappa shape index (κ1) is 11.0. The fourth-order valence-corrected chi connectivity index (χ4v) is 1.53. The maximum absolute atomic E-state index is 11.0. The molecule has 1 unspecified atom stereocenters. The van der Waals surface area contributed by atoms with Crippen molar-refractivity contribution in [2.75, 3.05) is 26.3 Å². The topological polar surface area (TPSA) is 79.3 Å². The number of carbonyl (C=O) groups excluding carboxylic acids is 1. The first-order chi connectivity index (χ1) is 6.75. The van der Waals surface area contributed by atoms with Crippen molar-refractivity contribution in [2.24, 2.45) is 5.73 Å². The number of hydrogen-bond donors (Lipinski definition) is 1. The van der Waals surface area contributed by atoms with Crippen LogP contribution in [0.25, 0.3) is 0 Å². The Labute approximate surface area is 83.4 Å². The Morgan fingerprint density at radius 2 is 2.50 bits per heavy atom. The van der Waals surface area contributed by atoms with E-state index in [9.17, 15) is 4.79 Å². The third-order valence-corrected chi connectivity index (χ3v) is 2.30. The van der Waals surface area contributed by atoms with Gasteiger partial charge in [-0.15, -0.1) is 0 Å². The first-order valence-electron chi connectivity index (χ1n) is 4.73. The van der Waals surface area contributed by atoms with Gasteiger partial charge in [-0.2, -0.15) is 5.26 Å². The van der Waals surface area contributed by atoms with Crippen LogP contribution < -0.4 is 5.73 Å². The predicted molar refractivity (Wildman–Crippen MR) is 50.2 cm³/mol. The molecule has 0 aromatic rings. The molecule has 1 heterocycles. The third-order valence-electron chi connectivity index (χ3n) is 2.30. The summed E-state index contributed by atoms with van der Waals surface area (Å²) in [4.78, 5) is 13.0. The molecule has 2 N–H and O–H groups in total. The van der Waals surface area contributed by atoms with Crippen LogP contribution in [0.3, 0.4) is 0 Å². The van der Waals surface area contributed by atoms with Gasteiger partial charge in [-0.05, 0) is 6.42 Å². The number of carbonyl (C=O) groups is 1. The van der Waals surface area contributed by atoms with E-state index in [1.807, 2.05) is 4.90 Å². The summed E-state index contributed by atoms with van der Waals surface area (Å²) >= 11 is 0. The molecule has 0 spiro atoms. The van der Waals surface area contributed by atoms with Gasteiger partial charge in [0.15, 0.2) is 0 Å². The smallest absolute Gasteiger partial charge is 0.237 e. The van der Waals surface area contributed by atoms with Crippen molar-refractivity contribution in [3.8, 4) is 6.07 Å². The van der Waals surface area contributed by atoms with Gasteiger partial charge in [-0.3, -0.25) is 9.69 Å². The largest absolute Gasteiger partial charge is 0.378 e. The van der Waals surface area contributed by atoms with Crippen molar-refractivity contribution in [3.05, 3.63) is 0 Å². The number of unbranched alkanes of at least 4 members (excludes halogenated alkanes) is 1. The van der Waals surface area contributed by atoms with E-state index >= 15 is 0 Å². The van der Waals surface area contributed by atoms with Crippen LogP contribution in [0.15, 0.2) is 0 Å². The first-order valence-corrected chi connectivity index (χ1v) is 4.73. The van der Waals surface area contributed by atoms with Crippen molar-refractivity contribution >= 4 is 5.91 Å². The maximum Gasteiger partial charge on any atom is 0.237 e. The van der Waals surface area contributed by atoms with Crippen LogP contribution in [0, 0.1) is 11.3 Å². The molecule has 1 fully saturated rings. The molecular formula is C9H15N3O2. The van der Waals surface area contributed by atoms with Crippen molar-refractivity contribution in [3.63, 3.8) is 0 Å². The fourth-order valence-electron chi connectivity index (χ4n) is 1.53. The lowest BCUT2D eigenvalue weighted by molar-refractivity contribution is -0.129. The van der Waals surface area contributed by atoms with Crippen LogP contribution >= 0.6 is 0 Å². The standard InChI is InChI=1S/C9H15N3O2/c10-3-1-2-4-12-5-6-14-7-8(12)9(11)13/h8H,1-2,4-7H2,(H2,11,13). The zero-order chi connectivity index (χ0) is 10.4. The molecule has 1 atom stereocenters. The third kappa shape index (κ3) is 2.98. The van der Waals surface area contributed by atoms with Crippen LogP contribution in [0.1, 0.15) is 12.8 Å². The number of nitriles is 1. The fraction of sp³-hybridized carbons (Fsp3) is 0.778. The molecule has 1 aliphatic rings. The zero-order valence-corrected chi connectivity index (χ0v) is 8.11. The minimum atomic E-state index is -0.346. The molecule has 1 amide bonds. The number of nitrogens with two attached hydrogens (primary N) is 1. The highest BCUT2D eigenvalue weighted by atomic mass is 16.5. The summed E-state index contributed by atoms with van der Waals surface area (Å²) < 4.78 is 5.17. The number of ether oxygens (including phenoxy) is 1. The second-order valence-corrected chi connectivity index (χ2v) is 3.29. The van der Waals surface area contributed by atoms with Crippen LogP contribution in [-0.4, -0.2) is 43.2 Å². The molecule has 0 aromatic carbocycles. The van der Waals surface area contributed by atoms with E-state index in [2.05, 4.69) is 6.07 Å². The number of hydrogen-bond acceptors (Lipinski definition) is 4. The summed E-state index contributed by atoms with van der Waals surface area (Å²) in [5.41, 5.74) is 5.24. The average molecular weight is 197 g/mol. The van der Waals surface area contributed by atoms with E-state index in [4.69, 9.17) is 15.7 Å². The molecular weight excluding hydrogens is 182 g/mol. The van der Waals surface area contributed by atoms with Gasteiger partial charge in [-0.1, -0.05) is 0 Å². The quantitative estimate of drug-likeness (QED) is 0.615. The van der Waals surface area contributed by atoms with Gasteiger partial charge < -0.3 is 10.5 Å². The SMILES string of the molecule is N#CCCCN1CCOCC1C(N)=O. The van der Waals surface area contributed by atoms with E-state index in [-0.39, 0.29) is 11.9 Å².